The fraction of sp³-hybridized carbons (Fsp3) is 0.684. The van der Waals surface area contributed by atoms with Gasteiger partial charge in [0.05, 0.1) is 6.61 Å². The van der Waals surface area contributed by atoms with E-state index in [9.17, 15) is 0 Å². The van der Waals surface area contributed by atoms with Crippen LogP contribution < -0.4 is 0 Å². The second kappa shape index (κ2) is 9.57. The summed E-state index contributed by atoms with van der Waals surface area (Å²) in [6.45, 7) is 0.608. The van der Waals surface area contributed by atoms with Gasteiger partial charge >= 0.3 is 9.53 Å². The number of rotatable bonds is 7. The molecular weight excluding hydrogens is 304 g/mol. The van der Waals surface area contributed by atoms with Crippen LogP contribution in [0, 0.1) is 0 Å². The molecule has 4 heteroatoms. The highest BCUT2D eigenvalue weighted by Crippen LogP contribution is 2.25. The van der Waals surface area contributed by atoms with Gasteiger partial charge in [-0.3, -0.25) is 0 Å². The lowest BCUT2D eigenvalue weighted by molar-refractivity contribution is 0.00625. The Hall–Kier alpha value is -0.683. The third kappa shape index (κ3) is 6.03. The molecule has 23 heavy (non-hydrogen) atoms. The van der Waals surface area contributed by atoms with Crippen molar-refractivity contribution in [3.05, 3.63) is 35.9 Å². The van der Waals surface area contributed by atoms with E-state index in [1.807, 2.05) is 6.07 Å². The normalized spacial score (nSPS) is 20.9. The lowest BCUT2D eigenvalue weighted by Gasteiger charge is -2.30. The zero-order valence-corrected chi connectivity index (χ0v) is 15.3. The fourth-order valence-corrected chi connectivity index (χ4v) is 5.29. The van der Waals surface area contributed by atoms with Crippen LogP contribution in [0.3, 0.4) is 0 Å². The van der Waals surface area contributed by atoms with Crippen LogP contribution in [0.5, 0.6) is 0 Å². The molecule has 0 aliphatic heterocycles. The first-order valence-corrected chi connectivity index (χ1v) is 10.8. The van der Waals surface area contributed by atoms with Gasteiger partial charge in [0, 0.05) is 12.2 Å². The molecule has 0 amide bonds. The summed E-state index contributed by atoms with van der Waals surface area (Å²) in [4.78, 5) is 0. The highest BCUT2D eigenvalue weighted by atomic mass is 28.3. The summed E-state index contributed by atoms with van der Waals surface area (Å²) in [7, 11) is -2.05. The minimum atomic E-state index is -2.05. The largest absolute Gasteiger partial charge is 0.485 e. The van der Waals surface area contributed by atoms with E-state index in [1.165, 1.54) is 69.8 Å². The van der Waals surface area contributed by atoms with Crippen molar-refractivity contribution in [2.75, 3.05) is 0 Å². The molecule has 0 unspecified atom stereocenters. The summed E-state index contributed by atoms with van der Waals surface area (Å²) in [6.07, 6.45) is 13.3. The van der Waals surface area contributed by atoms with E-state index >= 15 is 0 Å². The predicted octanol–water partition coefficient (Wildman–Crippen LogP) is 4.62. The first kappa shape index (κ1) is 17.2. The van der Waals surface area contributed by atoms with E-state index in [1.54, 1.807) is 0 Å². The Balaban J connectivity index is 1.52. The summed E-state index contributed by atoms with van der Waals surface area (Å²) in [5, 5.41) is 0. The Morgan fingerprint density at radius 3 is 1.78 bits per heavy atom. The van der Waals surface area contributed by atoms with Crippen LogP contribution in [0.4, 0.5) is 0 Å². The van der Waals surface area contributed by atoms with E-state index < -0.39 is 9.53 Å². The number of hydrogen-bond donors (Lipinski definition) is 0. The van der Waals surface area contributed by atoms with Crippen molar-refractivity contribution in [1.82, 2.24) is 0 Å². The van der Waals surface area contributed by atoms with Gasteiger partial charge in [-0.15, -0.1) is 0 Å². The minimum Gasteiger partial charge on any atom is -0.373 e. The van der Waals surface area contributed by atoms with Gasteiger partial charge in [0.1, 0.15) is 0 Å². The lowest BCUT2D eigenvalue weighted by Crippen LogP contribution is -2.37. The average molecular weight is 335 g/mol. The van der Waals surface area contributed by atoms with Gasteiger partial charge in [-0.2, -0.15) is 0 Å². The molecule has 1 aromatic rings. The third-order valence-electron chi connectivity index (χ3n) is 4.94. The van der Waals surface area contributed by atoms with E-state index in [2.05, 4.69) is 24.3 Å². The molecule has 3 rings (SSSR count). The SMILES string of the molecule is c1ccc(CO[SiH](OC2CCCCC2)OC2CCCCC2)cc1. The Bertz CT molecular complexity index is 408. The zero-order valence-electron chi connectivity index (χ0n) is 14.1. The molecule has 0 radical (unpaired) electrons. The van der Waals surface area contributed by atoms with Crippen molar-refractivity contribution in [2.45, 2.75) is 83.0 Å². The van der Waals surface area contributed by atoms with E-state index in [-0.39, 0.29) is 0 Å². The molecule has 2 fully saturated rings. The third-order valence-corrected chi connectivity index (χ3v) is 6.59. The molecule has 0 atom stereocenters. The molecule has 0 N–H and O–H groups in total. The fourth-order valence-electron chi connectivity index (χ4n) is 3.57. The second-order valence-corrected chi connectivity index (χ2v) is 8.33. The molecule has 2 aliphatic carbocycles. The van der Waals surface area contributed by atoms with Gasteiger partial charge in [0.15, 0.2) is 0 Å². The summed E-state index contributed by atoms with van der Waals surface area (Å²) in [6, 6.07) is 10.4. The molecule has 0 spiro atoms. The molecule has 2 aliphatic rings. The van der Waals surface area contributed by atoms with Crippen LogP contribution in [0.25, 0.3) is 0 Å². The zero-order chi connectivity index (χ0) is 15.7. The van der Waals surface area contributed by atoms with E-state index in [0.29, 0.717) is 18.8 Å². The van der Waals surface area contributed by atoms with Crippen LogP contribution in [-0.4, -0.2) is 21.7 Å². The van der Waals surface area contributed by atoms with Crippen molar-refractivity contribution in [1.29, 1.82) is 0 Å². The second-order valence-electron chi connectivity index (χ2n) is 6.88. The van der Waals surface area contributed by atoms with Gasteiger partial charge in [-0.1, -0.05) is 68.9 Å². The first-order valence-electron chi connectivity index (χ1n) is 9.36. The van der Waals surface area contributed by atoms with Crippen molar-refractivity contribution in [2.24, 2.45) is 0 Å². The summed E-state index contributed by atoms with van der Waals surface area (Å²) in [5.74, 6) is 0. The molecule has 1 aromatic carbocycles. The molecule has 0 bridgehead atoms. The van der Waals surface area contributed by atoms with Gasteiger partial charge in [-0.05, 0) is 31.2 Å². The van der Waals surface area contributed by atoms with Crippen molar-refractivity contribution in [3.63, 3.8) is 0 Å². The van der Waals surface area contributed by atoms with Gasteiger partial charge in [0.25, 0.3) is 0 Å². The molecule has 3 nitrogen and oxygen atoms in total. The molecule has 0 saturated heterocycles. The molecule has 0 heterocycles. The Kier molecular flexibility index (Phi) is 7.14. The van der Waals surface area contributed by atoms with Crippen molar-refractivity contribution >= 4 is 9.53 Å². The Morgan fingerprint density at radius 2 is 1.26 bits per heavy atom. The summed E-state index contributed by atoms with van der Waals surface area (Å²) in [5.41, 5.74) is 1.20. The Morgan fingerprint density at radius 1 is 0.739 bits per heavy atom. The quantitative estimate of drug-likeness (QED) is 0.681. The van der Waals surface area contributed by atoms with Crippen molar-refractivity contribution in [3.8, 4) is 0 Å². The van der Waals surface area contributed by atoms with Gasteiger partial charge < -0.3 is 13.3 Å². The summed E-state index contributed by atoms with van der Waals surface area (Å²) >= 11 is 0. The highest BCUT2D eigenvalue weighted by Gasteiger charge is 2.27. The first-order chi connectivity index (χ1) is 11.4. The maximum atomic E-state index is 6.31. The summed E-state index contributed by atoms with van der Waals surface area (Å²) < 4.78 is 18.7. The average Bonchev–Trinajstić information content (AvgIpc) is 2.62. The van der Waals surface area contributed by atoms with Crippen LogP contribution >= 0.6 is 0 Å². The van der Waals surface area contributed by atoms with Crippen LogP contribution in [0.2, 0.25) is 0 Å². The van der Waals surface area contributed by atoms with Crippen LogP contribution in [0.1, 0.15) is 69.8 Å². The number of hydrogen-bond acceptors (Lipinski definition) is 3. The maximum absolute atomic E-state index is 6.31. The predicted molar refractivity (Wildman–Crippen MR) is 94.3 cm³/mol. The highest BCUT2D eigenvalue weighted by molar-refractivity contribution is 6.36. The maximum Gasteiger partial charge on any atom is 0.485 e. The standard InChI is InChI=1S/C19H30O3Si/c1-4-10-17(11-5-1)16-20-23(21-18-12-6-2-7-13-18)22-19-14-8-3-9-15-19/h1,4-5,10-11,18-19,23H,2-3,6-9,12-16H2. The monoisotopic (exact) mass is 334 g/mol. The van der Waals surface area contributed by atoms with E-state index in [4.69, 9.17) is 13.3 Å². The molecule has 2 saturated carbocycles. The molecular formula is C19H30O3Si. The minimum absolute atomic E-state index is 0.361. The van der Waals surface area contributed by atoms with Gasteiger partial charge in [0.2, 0.25) is 0 Å². The molecule has 0 aromatic heterocycles. The smallest absolute Gasteiger partial charge is 0.373 e. The van der Waals surface area contributed by atoms with Crippen molar-refractivity contribution < 1.29 is 13.3 Å². The molecule has 128 valence electrons. The topological polar surface area (TPSA) is 27.7 Å². The van der Waals surface area contributed by atoms with E-state index in [0.717, 1.165) is 0 Å². The number of benzene rings is 1. The van der Waals surface area contributed by atoms with Crippen LogP contribution in [0.15, 0.2) is 30.3 Å². The Labute approximate surface area is 142 Å². The van der Waals surface area contributed by atoms with Gasteiger partial charge in [-0.25, -0.2) is 0 Å². The van der Waals surface area contributed by atoms with Crippen LogP contribution in [-0.2, 0) is 19.9 Å². The lowest BCUT2D eigenvalue weighted by atomic mass is 9.98.